The van der Waals surface area contributed by atoms with Gasteiger partial charge in [0, 0.05) is 15.5 Å². The van der Waals surface area contributed by atoms with E-state index < -0.39 is 0 Å². The first kappa shape index (κ1) is 17.0. The first-order valence-corrected chi connectivity index (χ1v) is 9.22. The second-order valence-corrected chi connectivity index (χ2v) is 7.48. The Kier molecular flexibility index (Phi) is 5.20. The van der Waals surface area contributed by atoms with E-state index in [4.69, 9.17) is 11.6 Å². The zero-order valence-corrected chi connectivity index (χ0v) is 15.0. The van der Waals surface area contributed by atoms with Crippen LogP contribution >= 0.6 is 22.9 Å². The van der Waals surface area contributed by atoms with Crippen molar-refractivity contribution in [3.8, 4) is 6.07 Å². The number of quaternary nitrogens is 1. The number of halogens is 1. The number of nitrogens with two attached hydrogens (primary N) is 1. The third-order valence-corrected chi connectivity index (χ3v) is 5.89. The highest BCUT2D eigenvalue weighted by Gasteiger charge is 2.23. The summed E-state index contributed by atoms with van der Waals surface area (Å²) in [7, 11) is 0. The molecular weight excluding hydrogens is 342 g/mol. The van der Waals surface area contributed by atoms with Crippen LogP contribution in [0.5, 0.6) is 0 Å². The van der Waals surface area contributed by atoms with E-state index in [1.165, 1.54) is 4.88 Å². The topological polar surface area (TPSA) is 69.5 Å². The summed E-state index contributed by atoms with van der Waals surface area (Å²) in [6, 6.07) is 10.0. The first-order valence-electron chi connectivity index (χ1n) is 8.02. The molecular formula is C18H19ClN3OS+. The number of anilines is 1. The van der Waals surface area contributed by atoms with E-state index in [1.54, 1.807) is 11.3 Å². The van der Waals surface area contributed by atoms with Crippen LogP contribution in [0, 0.1) is 11.3 Å². The molecule has 124 valence electrons. The summed E-state index contributed by atoms with van der Waals surface area (Å²) in [5.74, 6) is -0.0923. The fraction of sp³-hybridized carbons (Fsp3) is 0.333. The first-order chi connectivity index (χ1) is 11.6. The third-order valence-electron chi connectivity index (χ3n) is 4.34. The van der Waals surface area contributed by atoms with Gasteiger partial charge in [0.1, 0.15) is 17.1 Å². The molecule has 0 saturated heterocycles. The number of carbonyl (C=O) groups is 1. The van der Waals surface area contributed by atoms with Crippen LogP contribution in [-0.4, -0.2) is 12.5 Å². The molecule has 0 unspecified atom stereocenters. The minimum Gasteiger partial charge on any atom is -0.332 e. The van der Waals surface area contributed by atoms with E-state index in [0.29, 0.717) is 22.1 Å². The summed E-state index contributed by atoms with van der Waals surface area (Å²) < 4.78 is 0. The number of hydrogen-bond donors (Lipinski definition) is 2. The van der Waals surface area contributed by atoms with Gasteiger partial charge in [0.25, 0.3) is 5.91 Å². The van der Waals surface area contributed by atoms with Crippen molar-refractivity contribution in [3.05, 3.63) is 50.9 Å². The Morgan fingerprint density at radius 2 is 2.25 bits per heavy atom. The van der Waals surface area contributed by atoms with E-state index in [0.717, 1.165) is 30.4 Å². The fourth-order valence-electron chi connectivity index (χ4n) is 3.04. The maximum atomic E-state index is 12.3. The summed E-state index contributed by atoms with van der Waals surface area (Å²) >= 11 is 7.74. The minimum absolute atomic E-state index is 0.0910. The van der Waals surface area contributed by atoms with Gasteiger partial charge in [-0.05, 0) is 37.8 Å². The Labute approximate surface area is 150 Å². The van der Waals surface area contributed by atoms with E-state index >= 15 is 0 Å². The molecule has 0 fully saturated rings. The average Bonchev–Trinajstić information content (AvgIpc) is 3.13. The molecule has 0 radical (unpaired) electrons. The molecule has 2 aromatic rings. The van der Waals surface area contributed by atoms with Crippen LogP contribution in [0.4, 0.5) is 5.00 Å². The third kappa shape index (κ3) is 3.46. The van der Waals surface area contributed by atoms with Crippen molar-refractivity contribution in [2.75, 3.05) is 11.9 Å². The second-order valence-electron chi connectivity index (χ2n) is 5.97. The van der Waals surface area contributed by atoms with Gasteiger partial charge in [-0.25, -0.2) is 0 Å². The molecule has 0 aliphatic heterocycles. The number of aryl methyl sites for hydroxylation is 1. The number of benzene rings is 1. The van der Waals surface area contributed by atoms with Crippen LogP contribution in [0.15, 0.2) is 24.3 Å². The molecule has 0 saturated carbocycles. The van der Waals surface area contributed by atoms with Crippen molar-refractivity contribution in [2.45, 2.75) is 32.2 Å². The minimum atomic E-state index is -0.0923. The monoisotopic (exact) mass is 360 g/mol. The predicted octanol–water partition coefficient (Wildman–Crippen LogP) is 3.02. The number of thiophene rings is 1. The van der Waals surface area contributed by atoms with E-state index in [2.05, 4.69) is 11.4 Å². The highest BCUT2D eigenvalue weighted by Crippen LogP contribution is 2.38. The largest absolute Gasteiger partial charge is 0.332 e. The lowest BCUT2D eigenvalue weighted by atomic mass is 10.1. The standard InChI is InChI=1S/C18H18ClN3OS/c1-11(12-5-2-3-7-15(12)19)21-10-17(23)22-18-14(9-20)13-6-4-8-16(13)24-18/h2-3,5,7,11,21H,4,6,8,10H2,1H3,(H,22,23)/p+1/t11-/m1/s1. The lowest BCUT2D eigenvalue weighted by Crippen LogP contribution is -2.86. The van der Waals surface area contributed by atoms with Crippen LogP contribution in [0.2, 0.25) is 5.02 Å². The van der Waals surface area contributed by atoms with Gasteiger partial charge in [-0.1, -0.05) is 29.8 Å². The van der Waals surface area contributed by atoms with Gasteiger partial charge in [0.15, 0.2) is 6.54 Å². The number of hydrogen-bond acceptors (Lipinski definition) is 3. The molecule has 1 aliphatic rings. The number of nitriles is 1. The highest BCUT2D eigenvalue weighted by molar-refractivity contribution is 7.16. The summed E-state index contributed by atoms with van der Waals surface area (Å²) in [6.45, 7) is 2.31. The highest BCUT2D eigenvalue weighted by atomic mass is 35.5. The summed E-state index contributed by atoms with van der Waals surface area (Å²) in [5, 5.41) is 15.6. The van der Waals surface area contributed by atoms with Crippen LogP contribution in [0.1, 0.15) is 41.0 Å². The number of fused-ring (bicyclic) bond motifs is 1. The van der Waals surface area contributed by atoms with Crippen molar-refractivity contribution < 1.29 is 10.1 Å². The number of rotatable bonds is 5. The zero-order valence-electron chi connectivity index (χ0n) is 13.4. The summed E-state index contributed by atoms with van der Waals surface area (Å²) in [4.78, 5) is 13.5. The second kappa shape index (κ2) is 7.35. The van der Waals surface area contributed by atoms with Crippen molar-refractivity contribution in [1.29, 1.82) is 5.26 Å². The maximum absolute atomic E-state index is 12.3. The Hall–Kier alpha value is -1.87. The van der Waals surface area contributed by atoms with Crippen molar-refractivity contribution in [3.63, 3.8) is 0 Å². The Bertz CT molecular complexity index is 809. The van der Waals surface area contributed by atoms with Gasteiger partial charge in [0.05, 0.1) is 5.56 Å². The molecule has 1 amide bonds. The van der Waals surface area contributed by atoms with Crippen LogP contribution in [0.25, 0.3) is 0 Å². The maximum Gasteiger partial charge on any atom is 0.280 e. The average molecular weight is 361 g/mol. The molecule has 6 heteroatoms. The van der Waals surface area contributed by atoms with Gasteiger partial charge in [-0.3, -0.25) is 4.79 Å². The van der Waals surface area contributed by atoms with Crippen LogP contribution in [-0.2, 0) is 17.6 Å². The van der Waals surface area contributed by atoms with E-state index in [-0.39, 0.29) is 11.9 Å². The fourth-order valence-corrected chi connectivity index (χ4v) is 4.61. The molecule has 3 rings (SSSR count). The molecule has 1 heterocycles. The molecule has 0 bridgehead atoms. The van der Waals surface area contributed by atoms with Gasteiger partial charge in [-0.15, -0.1) is 11.3 Å². The molecule has 24 heavy (non-hydrogen) atoms. The molecule has 3 N–H and O–H groups in total. The smallest absolute Gasteiger partial charge is 0.280 e. The summed E-state index contributed by atoms with van der Waals surface area (Å²) in [6.07, 6.45) is 3.06. The van der Waals surface area contributed by atoms with Gasteiger partial charge >= 0.3 is 0 Å². The predicted molar refractivity (Wildman–Crippen MR) is 96.3 cm³/mol. The zero-order chi connectivity index (χ0) is 17.1. The Morgan fingerprint density at radius 3 is 3.00 bits per heavy atom. The lowest BCUT2D eigenvalue weighted by molar-refractivity contribution is -0.682. The van der Waals surface area contributed by atoms with Crippen molar-refractivity contribution in [2.24, 2.45) is 0 Å². The molecule has 1 aliphatic carbocycles. The van der Waals surface area contributed by atoms with Gasteiger partial charge in [-0.2, -0.15) is 5.26 Å². The van der Waals surface area contributed by atoms with E-state index in [1.807, 2.05) is 36.5 Å². The number of amides is 1. The van der Waals surface area contributed by atoms with Gasteiger partial charge < -0.3 is 10.6 Å². The van der Waals surface area contributed by atoms with Crippen LogP contribution < -0.4 is 10.6 Å². The van der Waals surface area contributed by atoms with E-state index in [9.17, 15) is 10.1 Å². The molecule has 4 nitrogen and oxygen atoms in total. The number of nitrogens with one attached hydrogen (secondary N) is 1. The Morgan fingerprint density at radius 1 is 1.46 bits per heavy atom. The van der Waals surface area contributed by atoms with Crippen molar-refractivity contribution in [1.82, 2.24) is 0 Å². The SMILES string of the molecule is C[C@@H]([NH2+]CC(=O)Nc1sc2c(c1C#N)CCC2)c1ccccc1Cl. The Balaban J connectivity index is 1.61. The number of carbonyl (C=O) groups excluding carboxylic acids is 1. The van der Waals surface area contributed by atoms with Crippen molar-refractivity contribution >= 4 is 33.8 Å². The molecule has 1 aromatic carbocycles. The number of nitrogens with zero attached hydrogens (tertiary/aromatic N) is 1. The molecule has 1 atom stereocenters. The molecule has 1 aromatic heterocycles. The summed E-state index contributed by atoms with van der Waals surface area (Å²) in [5.41, 5.74) is 2.80. The van der Waals surface area contributed by atoms with Crippen LogP contribution in [0.3, 0.4) is 0 Å². The van der Waals surface area contributed by atoms with Gasteiger partial charge in [0.2, 0.25) is 0 Å². The normalized spacial score (nSPS) is 14.0. The quantitative estimate of drug-likeness (QED) is 0.860. The lowest BCUT2D eigenvalue weighted by Gasteiger charge is -2.12. The molecule has 0 spiro atoms.